The molecule has 0 saturated carbocycles. The van der Waals surface area contributed by atoms with E-state index in [2.05, 4.69) is 76.4 Å². The number of rotatable bonds is 7. The molecule has 0 radical (unpaired) electrons. The summed E-state index contributed by atoms with van der Waals surface area (Å²) in [4.78, 5) is 21.3. The fourth-order valence-corrected chi connectivity index (χ4v) is 5.23. The number of aliphatic imine (C=N–C) groups is 1. The summed E-state index contributed by atoms with van der Waals surface area (Å²) in [6, 6.07) is 15.6. The molecule has 1 aliphatic heterocycles. The van der Waals surface area contributed by atoms with Gasteiger partial charge in [-0.1, -0.05) is 63.2 Å². The second-order valence-corrected chi connectivity index (χ2v) is 9.25. The van der Waals surface area contributed by atoms with Gasteiger partial charge in [0.25, 0.3) is 0 Å². The lowest BCUT2D eigenvalue weighted by Crippen LogP contribution is -2.38. The third-order valence-electron chi connectivity index (χ3n) is 7.03. The van der Waals surface area contributed by atoms with Crippen LogP contribution in [0.15, 0.2) is 72.3 Å². The minimum absolute atomic E-state index is 0.0635. The molecule has 3 atom stereocenters. The summed E-state index contributed by atoms with van der Waals surface area (Å²) in [6.45, 7) is 6.44. The molecular weight excluding hydrogens is 451 g/mol. The topological polar surface area (TPSA) is 78.8 Å². The predicted octanol–water partition coefficient (Wildman–Crippen LogP) is 6.76. The lowest BCUT2D eigenvalue weighted by molar-refractivity contribution is 0.537. The van der Waals surface area contributed by atoms with Crippen LogP contribution in [0.4, 0.5) is 15.9 Å². The number of imidazole rings is 1. The van der Waals surface area contributed by atoms with Gasteiger partial charge in [-0.15, -0.1) is 0 Å². The Hall–Kier alpha value is -3.87. The lowest BCUT2D eigenvalue weighted by atomic mass is 9.76. The van der Waals surface area contributed by atoms with Crippen molar-refractivity contribution in [2.45, 2.75) is 46.1 Å². The van der Waals surface area contributed by atoms with Crippen LogP contribution in [-0.4, -0.2) is 31.7 Å². The Labute approximate surface area is 210 Å². The van der Waals surface area contributed by atoms with Crippen molar-refractivity contribution in [3.05, 3.63) is 84.2 Å². The number of anilines is 1. The van der Waals surface area contributed by atoms with Gasteiger partial charge in [-0.2, -0.15) is 0 Å². The van der Waals surface area contributed by atoms with E-state index in [9.17, 15) is 0 Å². The molecule has 36 heavy (non-hydrogen) atoms. The smallest absolute Gasteiger partial charge is 0.182 e. The number of halogens is 1. The largest absolute Gasteiger partial charge is 0.360 e. The summed E-state index contributed by atoms with van der Waals surface area (Å²) < 4.78 is 15.3. The third kappa shape index (κ3) is 4.53. The van der Waals surface area contributed by atoms with Crippen LogP contribution < -0.4 is 5.32 Å². The van der Waals surface area contributed by atoms with E-state index < -0.39 is 0 Å². The van der Waals surface area contributed by atoms with Gasteiger partial charge in [-0.05, 0) is 48.4 Å². The number of aromatic nitrogens is 4. The minimum atomic E-state index is -0.224. The van der Waals surface area contributed by atoms with E-state index in [0.717, 1.165) is 36.1 Å². The standard InChI is InChI=1S/C29H31FN6/c1-4-10-20-18(3)21(15-19-11-7-6-8-12-19)26(35-24-14-9-13-22(30)25(20)24)23(5-2)36-29-27-28(32-16-31-27)33-17-34-29/h6-14,16-18,21,23H,4-5,15H2,1-3H3,(H2,31,32,33,34,36). The normalized spacial score (nSPS) is 19.6. The average Bonchev–Trinajstić information content (AvgIpc) is 3.35. The monoisotopic (exact) mass is 482 g/mol. The van der Waals surface area contributed by atoms with Gasteiger partial charge in [-0.3, -0.25) is 4.99 Å². The molecular formula is C29H31FN6. The van der Waals surface area contributed by atoms with Gasteiger partial charge >= 0.3 is 0 Å². The van der Waals surface area contributed by atoms with Gasteiger partial charge in [0.05, 0.1) is 18.1 Å². The lowest BCUT2D eigenvalue weighted by Gasteiger charge is -2.30. The van der Waals surface area contributed by atoms with Crippen LogP contribution in [0.3, 0.4) is 0 Å². The zero-order chi connectivity index (χ0) is 25.1. The summed E-state index contributed by atoms with van der Waals surface area (Å²) >= 11 is 0. The first-order chi connectivity index (χ1) is 17.6. The molecule has 0 spiro atoms. The van der Waals surface area contributed by atoms with Gasteiger partial charge in [0.2, 0.25) is 0 Å². The molecule has 0 aliphatic carbocycles. The van der Waals surface area contributed by atoms with Crippen molar-refractivity contribution in [2.24, 2.45) is 16.8 Å². The Morgan fingerprint density at radius 2 is 1.89 bits per heavy atom. The summed E-state index contributed by atoms with van der Waals surface area (Å²) in [5.74, 6) is 0.591. The molecule has 2 N–H and O–H groups in total. The average molecular weight is 483 g/mol. The number of H-pyrrole nitrogens is 1. The van der Waals surface area contributed by atoms with E-state index in [1.165, 1.54) is 18.0 Å². The Kier molecular flexibility index (Phi) is 6.89. The van der Waals surface area contributed by atoms with E-state index in [-0.39, 0.29) is 23.7 Å². The molecule has 0 fully saturated rings. The van der Waals surface area contributed by atoms with Crippen molar-refractivity contribution in [3.63, 3.8) is 0 Å². The van der Waals surface area contributed by atoms with Crippen LogP contribution in [0.2, 0.25) is 0 Å². The molecule has 0 bridgehead atoms. The zero-order valence-corrected chi connectivity index (χ0v) is 20.9. The van der Waals surface area contributed by atoms with E-state index in [1.54, 1.807) is 12.4 Å². The number of allylic oxidation sites excluding steroid dienone is 2. The summed E-state index contributed by atoms with van der Waals surface area (Å²) in [5.41, 5.74) is 5.94. The molecule has 0 amide bonds. The first-order valence-corrected chi connectivity index (χ1v) is 12.6. The third-order valence-corrected chi connectivity index (χ3v) is 7.03. The molecule has 6 nitrogen and oxygen atoms in total. The van der Waals surface area contributed by atoms with Crippen molar-refractivity contribution in [1.82, 2.24) is 19.9 Å². The van der Waals surface area contributed by atoms with Gasteiger partial charge in [0.15, 0.2) is 11.5 Å². The maximum absolute atomic E-state index is 15.3. The summed E-state index contributed by atoms with van der Waals surface area (Å²) in [7, 11) is 0. The predicted molar refractivity (Wildman–Crippen MR) is 144 cm³/mol. The highest BCUT2D eigenvalue weighted by Gasteiger charge is 2.35. The van der Waals surface area contributed by atoms with Crippen LogP contribution in [0.1, 0.15) is 44.7 Å². The molecule has 184 valence electrons. The number of hydrogen-bond acceptors (Lipinski definition) is 5. The van der Waals surface area contributed by atoms with Crippen molar-refractivity contribution >= 4 is 34.0 Å². The summed E-state index contributed by atoms with van der Waals surface area (Å²) in [5, 5.41) is 3.62. The van der Waals surface area contributed by atoms with Crippen molar-refractivity contribution in [3.8, 4) is 0 Å². The molecule has 4 aromatic rings. The van der Waals surface area contributed by atoms with Gasteiger partial charge in [-0.25, -0.2) is 19.3 Å². The van der Waals surface area contributed by atoms with Gasteiger partial charge in [0, 0.05) is 17.2 Å². The number of nitrogens with one attached hydrogen (secondary N) is 2. The molecule has 0 saturated heterocycles. The second-order valence-electron chi connectivity index (χ2n) is 9.25. The van der Waals surface area contributed by atoms with Crippen LogP contribution in [0, 0.1) is 17.7 Å². The number of aromatic amines is 1. The fourth-order valence-electron chi connectivity index (χ4n) is 5.23. The Balaban J connectivity index is 1.65. The van der Waals surface area contributed by atoms with Crippen molar-refractivity contribution in [2.75, 3.05) is 5.32 Å². The highest BCUT2D eigenvalue weighted by Crippen LogP contribution is 2.43. The Morgan fingerprint density at radius 1 is 1.06 bits per heavy atom. The maximum atomic E-state index is 15.3. The van der Waals surface area contributed by atoms with Crippen LogP contribution in [-0.2, 0) is 6.42 Å². The number of hydrogen-bond donors (Lipinski definition) is 2. The minimum Gasteiger partial charge on any atom is -0.360 e. The first-order valence-electron chi connectivity index (χ1n) is 12.6. The van der Waals surface area contributed by atoms with Gasteiger partial charge < -0.3 is 10.3 Å². The highest BCUT2D eigenvalue weighted by atomic mass is 19.1. The van der Waals surface area contributed by atoms with E-state index in [0.29, 0.717) is 22.7 Å². The second kappa shape index (κ2) is 10.4. The fraction of sp³-hybridized carbons (Fsp3) is 0.310. The Morgan fingerprint density at radius 3 is 2.67 bits per heavy atom. The van der Waals surface area contributed by atoms with E-state index in [4.69, 9.17) is 4.99 Å². The molecule has 1 aliphatic rings. The molecule has 7 heteroatoms. The number of benzene rings is 2. The molecule has 5 rings (SSSR count). The van der Waals surface area contributed by atoms with Gasteiger partial charge in [0.1, 0.15) is 17.7 Å². The van der Waals surface area contributed by atoms with Crippen LogP contribution in [0.5, 0.6) is 0 Å². The SMILES string of the molecule is CCC=C1c2c(F)cccc2N=C(C(CC)Nc2ncnc3nc[nH]c23)C(Cc2ccccc2)C1C. The van der Waals surface area contributed by atoms with Crippen molar-refractivity contribution < 1.29 is 4.39 Å². The number of nitrogens with zero attached hydrogens (tertiary/aromatic N) is 4. The quantitative estimate of drug-likeness (QED) is 0.305. The summed E-state index contributed by atoms with van der Waals surface area (Å²) in [6.07, 6.45) is 7.72. The first kappa shape index (κ1) is 23.9. The maximum Gasteiger partial charge on any atom is 0.182 e. The number of fused-ring (bicyclic) bond motifs is 2. The molecule has 2 aromatic carbocycles. The molecule has 3 heterocycles. The van der Waals surface area contributed by atoms with E-state index in [1.807, 2.05) is 12.1 Å². The highest BCUT2D eigenvalue weighted by molar-refractivity contribution is 6.00. The Bertz CT molecular complexity index is 1410. The molecule has 2 aromatic heterocycles. The van der Waals surface area contributed by atoms with Crippen molar-refractivity contribution in [1.29, 1.82) is 0 Å². The van der Waals surface area contributed by atoms with Crippen LogP contribution >= 0.6 is 0 Å². The zero-order valence-electron chi connectivity index (χ0n) is 20.9. The van der Waals surface area contributed by atoms with Crippen LogP contribution in [0.25, 0.3) is 16.7 Å². The molecule has 3 unspecified atom stereocenters. The van der Waals surface area contributed by atoms with E-state index >= 15 is 4.39 Å².